The van der Waals surface area contributed by atoms with Gasteiger partial charge in [0.25, 0.3) is 0 Å². The number of hydrogen-bond donors (Lipinski definition) is 3. The van der Waals surface area contributed by atoms with Crippen LogP contribution in [0.1, 0.15) is 28.3 Å². The maximum Gasteiger partial charge on any atom is 0.0733 e. The fourth-order valence-corrected chi connectivity index (χ4v) is 2.61. The zero-order chi connectivity index (χ0) is 14.0. The van der Waals surface area contributed by atoms with Gasteiger partial charge in [0.15, 0.2) is 0 Å². The molecule has 0 heterocycles. The first-order valence-electron chi connectivity index (χ1n) is 6.11. The molecule has 3 nitrogen and oxygen atoms in total. The quantitative estimate of drug-likeness (QED) is 0.462. The van der Waals surface area contributed by atoms with E-state index in [1.165, 1.54) is 11.1 Å². The highest BCUT2D eigenvalue weighted by Crippen LogP contribution is 2.31. The Morgan fingerprint density at radius 3 is 2.53 bits per heavy atom. The predicted molar refractivity (Wildman–Crippen MR) is 83.6 cm³/mol. The van der Waals surface area contributed by atoms with Crippen molar-refractivity contribution in [3.05, 3.63) is 63.1 Å². The first-order chi connectivity index (χ1) is 9.04. The van der Waals surface area contributed by atoms with Crippen LogP contribution in [-0.2, 0) is 0 Å². The van der Waals surface area contributed by atoms with Crippen LogP contribution in [-0.4, -0.2) is 0 Å². The summed E-state index contributed by atoms with van der Waals surface area (Å²) >= 11 is 3.48. The minimum absolute atomic E-state index is 0.114. The lowest BCUT2D eigenvalue weighted by molar-refractivity contribution is 0.634. The van der Waals surface area contributed by atoms with Crippen molar-refractivity contribution in [3.8, 4) is 0 Å². The van der Waals surface area contributed by atoms with E-state index in [4.69, 9.17) is 11.6 Å². The highest BCUT2D eigenvalue weighted by atomic mass is 79.9. The van der Waals surface area contributed by atoms with E-state index < -0.39 is 0 Å². The van der Waals surface area contributed by atoms with Crippen molar-refractivity contribution in [2.24, 2.45) is 5.84 Å². The van der Waals surface area contributed by atoms with Gasteiger partial charge in [0.05, 0.1) is 6.04 Å². The van der Waals surface area contributed by atoms with Gasteiger partial charge in [0.2, 0.25) is 0 Å². The number of nitrogens with one attached hydrogen (secondary N) is 1. The highest BCUT2D eigenvalue weighted by molar-refractivity contribution is 9.10. The fourth-order valence-electron chi connectivity index (χ4n) is 2.23. The van der Waals surface area contributed by atoms with Crippen LogP contribution in [0.5, 0.6) is 0 Å². The Balaban J connectivity index is 2.56. The molecular formula is C15H18BrN3. The standard InChI is InChI=1S/C15H18BrN3/c1-9-4-3-5-12(10(9)2)15(19-18)13-8-11(16)6-7-14(13)17/h3-8,15,19H,17-18H2,1-2H3. The molecule has 19 heavy (non-hydrogen) atoms. The summed E-state index contributed by atoms with van der Waals surface area (Å²) in [6.07, 6.45) is 0. The molecule has 0 aromatic heterocycles. The molecule has 0 amide bonds. The van der Waals surface area contributed by atoms with E-state index in [0.29, 0.717) is 0 Å². The average molecular weight is 320 g/mol. The third kappa shape index (κ3) is 2.81. The Morgan fingerprint density at radius 1 is 1.11 bits per heavy atom. The molecular weight excluding hydrogens is 302 g/mol. The molecule has 0 saturated heterocycles. The van der Waals surface area contributed by atoms with Crippen molar-refractivity contribution >= 4 is 21.6 Å². The molecule has 0 aliphatic heterocycles. The topological polar surface area (TPSA) is 64.1 Å². The molecule has 0 spiro atoms. The molecule has 2 rings (SSSR count). The maximum atomic E-state index is 6.07. The van der Waals surface area contributed by atoms with E-state index in [2.05, 4.69) is 47.3 Å². The van der Waals surface area contributed by atoms with Crippen LogP contribution in [0, 0.1) is 13.8 Å². The van der Waals surface area contributed by atoms with Crippen molar-refractivity contribution in [3.63, 3.8) is 0 Å². The Bertz CT molecular complexity index is 594. The van der Waals surface area contributed by atoms with Gasteiger partial charge in [0.1, 0.15) is 0 Å². The van der Waals surface area contributed by atoms with Crippen LogP contribution in [0.3, 0.4) is 0 Å². The van der Waals surface area contributed by atoms with Gasteiger partial charge in [-0.15, -0.1) is 0 Å². The summed E-state index contributed by atoms with van der Waals surface area (Å²) < 4.78 is 0.988. The number of hydrazine groups is 1. The van der Waals surface area contributed by atoms with E-state index in [1.807, 2.05) is 24.3 Å². The normalized spacial score (nSPS) is 12.4. The second-order valence-electron chi connectivity index (χ2n) is 4.66. The van der Waals surface area contributed by atoms with Gasteiger partial charge in [0, 0.05) is 10.2 Å². The molecule has 0 aliphatic rings. The predicted octanol–water partition coefficient (Wildman–Crippen LogP) is 3.20. The Kier molecular flexibility index (Phi) is 4.24. The van der Waals surface area contributed by atoms with Crippen LogP contribution in [0.2, 0.25) is 0 Å². The monoisotopic (exact) mass is 319 g/mol. The molecule has 1 atom stereocenters. The van der Waals surface area contributed by atoms with E-state index in [-0.39, 0.29) is 6.04 Å². The molecule has 100 valence electrons. The van der Waals surface area contributed by atoms with Crippen molar-refractivity contribution in [1.82, 2.24) is 5.43 Å². The lowest BCUT2D eigenvalue weighted by Crippen LogP contribution is -2.30. The van der Waals surface area contributed by atoms with Crippen molar-refractivity contribution in [2.45, 2.75) is 19.9 Å². The maximum absolute atomic E-state index is 6.07. The summed E-state index contributed by atoms with van der Waals surface area (Å²) in [5, 5.41) is 0. The summed E-state index contributed by atoms with van der Waals surface area (Å²) in [6.45, 7) is 4.19. The number of anilines is 1. The minimum Gasteiger partial charge on any atom is -0.398 e. The second kappa shape index (κ2) is 5.74. The van der Waals surface area contributed by atoms with Crippen molar-refractivity contribution in [1.29, 1.82) is 0 Å². The summed E-state index contributed by atoms with van der Waals surface area (Å²) in [4.78, 5) is 0. The molecule has 2 aromatic rings. The van der Waals surface area contributed by atoms with Crippen molar-refractivity contribution in [2.75, 3.05) is 5.73 Å². The summed E-state index contributed by atoms with van der Waals surface area (Å²) in [6, 6.07) is 11.9. The van der Waals surface area contributed by atoms with Gasteiger partial charge in [-0.1, -0.05) is 34.1 Å². The first kappa shape index (κ1) is 14.1. The molecule has 0 aliphatic carbocycles. The van der Waals surface area contributed by atoms with E-state index in [9.17, 15) is 0 Å². The smallest absolute Gasteiger partial charge is 0.0733 e. The van der Waals surface area contributed by atoms with Crippen LogP contribution in [0.4, 0.5) is 5.69 Å². The molecule has 5 N–H and O–H groups in total. The third-order valence-electron chi connectivity index (χ3n) is 3.48. The number of nitrogens with two attached hydrogens (primary N) is 2. The lowest BCUT2D eigenvalue weighted by Gasteiger charge is -2.22. The average Bonchev–Trinajstić information content (AvgIpc) is 2.39. The molecule has 0 saturated carbocycles. The Morgan fingerprint density at radius 2 is 1.84 bits per heavy atom. The van der Waals surface area contributed by atoms with E-state index in [1.54, 1.807) is 0 Å². The molecule has 2 aromatic carbocycles. The number of benzene rings is 2. The minimum atomic E-state index is -0.114. The third-order valence-corrected chi connectivity index (χ3v) is 3.98. The summed E-state index contributed by atoms with van der Waals surface area (Å²) in [5.41, 5.74) is 14.3. The number of nitrogen functional groups attached to an aromatic ring is 1. The van der Waals surface area contributed by atoms with Gasteiger partial charge >= 0.3 is 0 Å². The molecule has 1 unspecified atom stereocenters. The Labute approximate surface area is 122 Å². The molecule has 0 bridgehead atoms. The number of halogens is 1. The van der Waals surface area contributed by atoms with Gasteiger partial charge < -0.3 is 5.73 Å². The second-order valence-corrected chi connectivity index (χ2v) is 5.58. The van der Waals surface area contributed by atoms with Gasteiger partial charge in [-0.3, -0.25) is 5.84 Å². The zero-order valence-corrected chi connectivity index (χ0v) is 12.7. The highest BCUT2D eigenvalue weighted by Gasteiger charge is 2.18. The van der Waals surface area contributed by atoms with E-state index >= 15 is 0 Å². The van der Waals surface area contributed by atoms with Crippen LogP contribution in [0.15, 0.2) is 40.9 Å². The number of hydrogen-bond acceptors (Lipinski definition) is 3. The number of rotatable bonds is 3. The SMILES string of the molecule is Cc1cccc(C(NN)c2cc(Br)ccc2N)c1C. The van der Waals surface area contributed by atoms with Crippen LogP contribution >= 0.6 is 15.9 Å². The molecule has 0 radical (unpaired) electrons. The van der Waals surface area contributed by atoms with Gasteiger partial charge in [-0.05, 0) is 54.3 Å². The summed E-state index contributed by atoms with van der Waals surface area (Å²) in [5.74, 6) is 5.75. The molecule has 4 heteroatoms. The Hall–Kier alpha value is -1.36. The first-order valence-corrected chi connectivity index (χ1v) is 6.91. The lowest BCUT2D eigenvalue weighted by atomic mass is 9.92. The fraction of sp³-hybridized carbons (Fsp3) is 0.200. The van der Waals surface area contributed by atoms with Gasteiger partial charge in [-0.2, -0.15) is 0 Å². The van der Waals surface area contributed by atoms with Gasteiger partial charge in [-0.25, -0.2) is 5.43 Å². The van der Waals surface area contributed by atoms with Crippen LogP contribution in [0.25, 0.3) is 0 Å². The van der Waals surface area contributed by atoms with Crippen LogP contribution < -0.4 is 17.0 Å². The van der Waals surface area contributed by atoms with Crippen molar-refractivity contribution < 1.29 is 0 Å². The zero-order valence-electron chi connectivity index (χ0n) is 11.1. The largest absolute Gasteiger partial charge is 0.398 e. The number of aryl methyl sites for hydroxylation is 1. The molecule has 0 fully saturated rings. The summed E-state index contributed by atoms with van der Waals surface area (Å²) in [7, 11) is 0. The van der Waals surface area contributed by atoms with E-state index in [0.717, 1.165) is 21.3 Å².